The first kappa shape index (κ1) is 16.8. The summed E-state index contributed by atoms with van der Waals surface area (Å²) >= 11 is 6.25. The largest absolute Gasteiger partial charge is 0.369 e. The minimum atomic E-state index is 0.00603. The zero-order valence-electron chi connectivity index (χ0n) is 14.1. The molecule has 0 bridgehead atoms. The SMILES string of the molecule is CCn1nncc1C(=O)N1CCCN(c2cccc(Cl)c2C)CC1. The maximum absolute atomic E-state index is 12.7. The van der Waals surface area contributed by atoms with E-state index in [2.05, 4.69) is 21.3 Å². The molecule has 0 unspecified atom stereocenters. The van der Waals surface area contributed by atoms with Crippen molar-refractivity contribution < 1.29 is 4.79 Å². The Hall–Kier alpha value is -2.08. The van der Waals surface area contributed by atoms with Gasteiger partial charge in [-0.3, -0.25) is 4.79 Å². The van der Waals surface area contributed by atoms with Gasteiger partial charge in [0, 0.05) is 43.4 Å². The Labute approximate surface area is 147 Å². The molecule has 0 radical (unpaired) electrons. The van der Waals surface area contributed by atoms with E-state index in [0.717, 1.165) is 42.3 Å². The lowest BCUT2D eigenvalue weighted by atomic mass is 10.1. The highest BCUT2D eigenvalue weighted by atomic mass is 35.5. The lowest BCUT2D eigenvalue weighted by molar-refractivity contribution is 0.0754. The van der Waals surface area contributed by atoms with E-state index in [4.69, 9.17) is 11.6 Å². The Bertz CT molecular complexity index is 730. The first-order chi connectivity index (χ1) is 11.6. The van der Waals surface area contributed by atoms with Crippen molar-refractivity contribution in [3.8, 4) is 0 Å². The maximum atomic E-state index is 12.7. The molecule has 0 atom stereocenters. The second-order valence-corrected chi connectivity index (χ2v) is 6.36. The van der Waals surface area contributed by atoms with Crippen LogP contribution in [0.3, 0.4) is 0 Å². The van der Waals surface area contributed by atoms with Crippen molar-refractivity contribution >= 4 is 23.2 Å². The number of carbonyl (C=O) groups excluding carboxylic acids is 1. The molecule has 128 valence electrons. The Balaban J connectivity index is 1.73. The van der Waals surface area contributed by atoms with Crippen molar-refractivity contribution in [1.29, 1.82) is 0 Å². The van der Waals surface area contributed by atoms with Crippen LogP contribution in [0.4, 0.5) is 5.69 Å². The molecular formula is C17H22ClN5O. The van der Waals surface area contributed by atoms with Gasteiger partial charge in [0.25, 0.3) is 5.91 Å². The van der Waals surface area contributed by atoms with E-state index in [1.165, 1.54) is 0 Å². The van der Waals surface area contributed by atoms with Gasteiger partial charge in [-0.15, -0.1) is 5.10 Å². The predicted molar refractivity (Wildman–Crippen MR) is 94.6 cm³/mol. The molecule has 1 aromatic heterocycles. The predicted octanol–water partition coefficient (Wildman–Crippen LogP) is 2.61. The highest BCUT2D eigenvalue weighted by molar-refractivity contribution is 6.31. The van der Waals surface area contributed by atoms with E-state index in [1.54, 1.807) is 10.9 Å². The molecular weight excluding hydrogens is 326 g/mol. The Morgan fingerprint density at radius 3 is 2.88 bits per heavy atom. The Morgan fingerprint density at radius 1 is 1.25 bits per heavy atom. The standard InChI is InChI=1S/C17H22ClN5O/c1-3-23-16(12-19-20-23)17(24)22-9-5-8-21(10-11-22)15-7-4-6-14(18)13(15)2/h4,6-7,12H,3,5,8-11H2,1-2H3. The number of amides is 1. The molecule has 1 aliphatic heterocycles. The summed E-state index contributed by atoms with van der Waals surface area (Å²) in [4.78, 5) is 16.9. The summed E-state index contributed by atoms with van der Waals surface area (Å²) in [5, 5.41) is 8.59. The van der Waals surface area contributed by atoms with Crippen LogP contribution in [-0.2, 0) is 6.54 Å². The van der Waals surface area contributed by atoms with E-state index in [-0.39, 0.29) is 5.91 Å². The van der Waals surface area contributed by atoms with Gasteiger partial charge in [0.1, 0.15) is 5.69 Å². The molecule has 0 saturated carbocycles. The summed E-state index contributed by atoms with van der Waals surface area (Å²) in [6.07, 6.45) is 2.47. The number of aryl methyl sites for hydroxylation is 1. The topological polar surface area (TPSA) is 54.3 Å². The van der Waals surface area contributed by atoms with Gasteiger partial charge in [-0.1, -0.05) is 22.9 Å². The minimum absolute atomic E-state index is 0.00603. The smallest absolute Gasteiger partial charge is 0.273 e. The first-order valence-corrected chi connectivity index (χ1v) is 8.67. The Kier molecular flexibility index (Phi) is 5.04. The lowest BCUT2D eigenvalue weighted by Crippen LogP contribution is -2.36. The number of nitrogens with zero attached hydrogens (tertiary/aromatic N) is 5. The Morgan fingerprint density at radius 2 is 2.08 bits per heavy atom. The molecule has 24 heavy (non-hydrogen) atoms. The van der Waals surface area contributed by atoms with Gasteiger partial charge in [-0.25, -0.2) is 4.68 Å². The van der Waals surface area contributed by atoms with E-state index in [0.29, 0.717) is 18.8 Å². The molecule has 0 aliphatic carbocycles. The molecule has 1 fully saturated rings. The van der Waals surface area contributed by atoms with Crippen LogP contribution in [0.25, 0.3) is 0 Å². The van der Waals surface area contributed by atoms with Crippen molar-refractivity contribution in [3.05, 3.63) is 40.7 Å². The number of halogens is 1. The van der Waals surface area contributed by atoms with Crippen molar-refractivity contribution in [2.45, 2.75) is 26.8 Å². The van der Waals surface area contributed by atoms with Crippen molar-refractivity contribution in [3.63, 3.8) is 0 Å². The summed E-state index contributed by atoms with van der Waals surface area (Å²) in [7, 11) is 0. The maximum Gasteiger partial charge on any atom is 0.273 e. The normalized spacial score (nSPS) is 15.5. The van der Waals surface area contributed by atoms with Gasteiger partial charge in [0.2, 0.25) is 0 Å². The molecule has 0 spiro atoms. The van der Waals surface area contributed by atoms with Gasteiger partial charge >= 0.3 is 0 Å². The fraction of sp³-hybridized carbons (Fsp3) is 0.471. The summed E-state index contributed by atoms with van der Waals surface area (Å²) in [5.41, 5.74) is 2.80. The average Bonchev–Trinajstić information content (AvgIpc) is 2.93. The number of benzene rings is 1. The molecule has 6 nitrogen and oxygen atoms in total. The average molecular weight is 348 g/mol. The number of hydrogen-bond acceptors (Lipinski definition) is 4. The number of rotatable bonds is 3. The number of aromatic nitrogens is 3. The van der Waals surface area contributed by atoms with E-state index >= 15 is 0 Å². The first-order valence-electron chi connectivity index (χ1n) is 8.29. The summed E-state index contributed by atoms with van der Waals surface area (Å²) in [6.45, 7) is 7.76. The molecule has 1 saturated heterocycles. The lowest BCUT2D eigenvalue weighted by Gasteiger charge is -2.25. The van der Waals surface area contributed by atoms with Crippen LogP contribution >= 0.6 is 11.6 Å². The summed E-state index contributed by atoms with van der Waals surface area (Å²) in [6, 6.07) is 5.98. The molecule has 1 amide bonds. The molecule has 7 heteroatoms. The molecule has 2 aromatic rings. The van der Waals surface area contributed by atoms with Crippen molar-refractivity contribution in [2.75, 3.05) is 31.1 Å². The molecule has 0 N–H and O–H groups in total. The van der Waals surface area contributed by atoms with E-state index in [1.807, 2.05) is 30.9 Å². The third-order valence-electron chi connectivity index (χ3n) is 4.50. The number of hydrogen-bond donors (Lipinski definition) is 0. The van der Waals surface area contributed by atoms with Gasteiger partial charge < -0.3 is 9.80 Å². The second kappa shape index (κ2) is 7.21. The molecule has 2 heterocycles. The van der Waals surface area contributed by atoms with Crippen LogP contribution in [0, 0.1) is 6.92 Å². The van der Waals surface area contributed by atoms with E-state index < -0.39 is 0 Å². The van der Waals surface area contributed by atoms with Crippen molar-refractivity contribution in [2.24, 2.45) is 0 Å². The quantitative estimate of drug-likeness (QED) is 0.856. The summed E-state index contributed by atoms with van der Waals surface area (Å²) in [5.74, 6) is 0.00603. The number of anilines is 1. The van der Waals surface area contributed by atoms with Crippen LogP contribution < -0.4 is 4.90 Å². The fourth-order valence-electron chi connectivity index (χ4n) is 3.12. The van der Waals surface area contributed by atoms with Crippen LogP contribution in [0.2, 0.25) is 5.02 Å². The van der Waals surface area contributed by atoms with E-state index in [9.17, 15) is 4.79 Å². The highest BCUT2D eigenvalue weighted by Gasteiger charge is 2.23. The van der Waals surface area contributed by atoms with Gasteiger partial charge in [-0.05, 0) is 38.0 Å². The van der Waals surface area contributed by atoms with Crippen LogP contribution in [-0.4, -0.2) is 52.0 Å². The van der Waals surface area contributed by atoms with Gasteiger partial charge in [0.05, 0.1) is 6.20 Å². The molecule has 1 aromatic carbocycles. The monoisotopic (exact) mass is 347 g/mol. The van der Waals surface area contributed by atoms with Crippen LogP contribution in [0.5, 0.6) is 0 Å². The fourth-order valence-corrected chi connectivity index (χ4v) is 3.29. The third-order valence-corrected chi connectivity index (χ3v) is 4.91. The second-order valence-electron chi connectivity index (χ2n) is 5.95. The van der Waals surface area contributed by atoms with Crippen LogP contribution in [0.1, 0.15) is 29.4 Å². The zero-order chi connectivity index (χ0) is 17.1. The number of carbonyl (C=O) groups is 1. The van der Waals surface area contributed by atoms with Crippen LogP contribution in [0.15, 0.2) is 24.4 Å². The third kappa shape index (κ3) is 3.24. The zero-order valence-corrected chi connectivity index (χ0v) is 14.8. The molecule has 1 aliphatic rings. The van der Waals surface area contributed by atoms with Gasteiger partial charge in [-0.2, -0.15) is 0 Å². The van der Waals surface area contributed by atoms with Gasteiger partial charge in [0.15, 0.2) is 0 Å². The molecule has 3 rings (SSSR count). The van der Waals surface area contributed by atoms with Crippen molar-refractivity contribution in [1.82, 2.24) is 19.9 Å². The minimum Gasteiger partial charge on any atom is -0.369 e. The highest BCUT2D eigenvalue weighted by Crippen LogP contribution is 2.27. The summed E-state index contributed by atoms with van der Waals surface area (Å²) < 4.78 is 1.64.